The van der Waals surface area contributed by atoms with Crippen LogP contribution in [0.25, 0.3) is 0 Å². The number of hydrogen-bond acceptors (Lipinski definition) is 6. The molecule has 1 atom stereocenters. The Morgan fingerprint density at radius 3 is 1.52 bits per heavy atom. The molecular weight excluding hydrogens is 420 g/mol. The highest BCUT2D eigenvalue weighted by Crippen LogP contribution is 2.28. The highest BCUT2D eigenvalue weighted by atomic mass is 16.6. The molecule has 0 N–H and O–H groups in total. The van der Waals surface area contributed by atoms with Crippen LogP contribution in [-0.2, 0) is 41.8 Å². The molecule has 1 unspecified atom stereocenters. The Kier molecular flexibility index (Phi) is 9.64. The van der Waals surface area contributed by atoms with E-state index >= 15 is 0 Å². The summed E-state index contributed by atoms with van der Waals surface area (Å²) in [5.41, 5.74) is 0.790. The Bertz CT molecular complexity index is 844. The molecule has 0 saturated heterocycles. The number of carbonyl (C=O) groups excluding carboxylic acids is 3. The highest BCUT2D eigenvalue weighted by molar-refractivity contribution is 5.99. The molecule has 6 heteroatoms. The van der Waals surface area contributed by atoms with E-state index in [1.165, 1.54) is 0 Å². The van der Waals surface area contributed by atoms with Gasteiger partial charge in [-0.05, 0) is 44.2 Å². The minimum Gasteiger partial charge on any atom is -0.460 e. The third-order valence-corrected chi connectivity index (χ3v) is 4.79. The minimum absolute atomic E-state index is 0.00907. The molecule has 0 aliphatic carbocycles. The van der Waals surface area contributed by atoms with E-state index in [2.05, 4.69) is 0 Å². The first-order chi connectivity index (χ1) is 15.6. The van der Waals surface area contributed by atoms with Crippen molar-refractivity contribution in [3.05, 3.63) is 71.8 Å². The van der Waals surface area contributed by atoms with Gasteiger partial charge in [-0.15, -0.1) is 0 Å². The molecule has 6 nitrogen and oxygen atoms in total. The van der Waals surface area contributed by atoms with Crippen LogP contribution >= 0.6 is 0 Å². The van der Waals surface area contributed by atoms with E-state index in [1.807, 2.05) is 74.5 Å². The summed E-state index contributed by atoms with van der Waals surface area (Å²) in [7, 11) is 0. The van der Waals surface area contributed by atoms with Crippen molar-refractivity contribution in [2.24, 2.45) is 17.8 Å². The number of rotatable bonds is 10. The van der Waals surface area contributed by atoms with Gasteiger partial charge < -0.3 is 14.2 Å². The lowest BCUT2D eigenvalue weighted by molar-refractivity contribution is -0.178. The van der Waals surface area contributed by atoms with Gasteiger partial charge in [0.1, 0.15) is 18.8 Å². The van der Waals surface area contributed by atoms with Crippen molar-refractivity contribution in [3.8, 4) is 0 Å². The fourth-order valence-corrected chi connectivity index (χ4v) is 3.32. The molecule has 0 radical (unpaired) electrons. The van der Waals surface area contributed by atoms with Gasteiger partial charge in [-0.3, -0.25) is 14.4 Å². The third kappa shape index (κ3) is 9.08. The van der Waals surface area contributed by atoms with E-state index in [9.17, 15) is 14.4 Å². The molecule has 0 aliphatic heterocycles. The average Bonchev–Trinajstić information content (AvgIpc) is 2.76. The first-order valence-corrected chi connectivity index (χ1v) is 11.2. The molecule has 0 saturated carbocycles. The Labute approximate surface area is 196 Å². The fraction of sp³-hybridized carbons (Fsp3) is 0.444. The molecule has 0 aliphatic rings. The van der Waals surface area contributed by atoms with Crippen LogP contribution in [0.5, 0.6) is 0 Å². The summed E-state index contributed by atoms with van der Waals surface area (Å²) in [4.78, 5) is 39.3. The van der Waals surface area contributed by atoms with Crippen LogP contribution in [0.2, 0.25) is 0 Å². The lowest BCUT2D eigenvalue weighted by Gasteiger charge is -2.28. The molecule has 178 valence electrons. The summed E-state index contributed by atoms with van der Waals surface area (Å²) < 4.78 is 16.5. The molecule has 2 aromatic carbocycles. The smallest absolute Gasteiger partial charge is 0.321 e. The average molecular weight is 455 g/mol. The van der Waals surface area contributed by atoms with Crippen molar-refractivity contribution in [2.45, 2.75) is 59.9 Å². The number of carbonyl (C=O) groups is 3. The second-order valence-corrected chi connectivity index (χ2v) is 9.43. The Balaban J connectivity index is 2.27. The summed E-state index contributed by atoms with van der Waals surface area (Å²) in [5.74, 6) is -4.62. The molecule has 2 aromatic rings. The summed E-state index contributed by atoms with van der Waals surface area (Å²) in [6.45, 7) is 9.04. The van der Waals surface area contributed by atoms with Crippen molar-refractivity contribution in [3.63, 3.8) is 0 Å². The van der Waals surface area contributed by atoms with E-state index in [0.29, 0.717) is 0 Å². The standard InChI is InChI=1S/C27H34O6/c1-19(2)16-22(24(28)33-27(3,4)5)23(25(29)31-17-20-12-8-6-9-13-20)26(30)32-18-21-14-10-7-11-15-21/h6-15,19,22-23H,16-18H2,1-5H3. The molecule has 0 aromatic heterocycles. The van der Waals surface area contributed by atoms with E-state index in [0.717, 1.165) is 11.1 Å². The number of hydrogen-bond donors (Lipinski definition) is 0. The summed E-state index contributed by atoms with van der Waals surface area (Å²) in [5, 5.41) is 0. The number of esters is 3. The molecule has 0 fully saturated rings. The maximum atomic E-state index is 13.1. The fourth-order valence-electron chi connectivity index (χ4n) is 3.32. The van der Waals surface area contributed by atoms with E-state index in [4.69, 9.17) is 14.2 Å². The largest absolute Gasteiger partial charge is 0.460 e. The SMILES string of the molecule is CC(C)CC(C(=O)OC(C)(C)C)C(C(=O)OCc1ccccc1)C(=O)OCc1ccccc1. The summed E-state index contributed by atoms with van der Waals surface area (Å²) in [6.07, 6.45) is 0.278. The van der Waals surface area contributed by atoms with Crippen LogP contribution in [0.1, 0.15) is 52.2 Å². The summed E-state index contributed by atoms with van der Waals surface area (Å²) >= 11 is 0. The normalized spacial score (nSPS) is 12.3. The van der Waals surface area contributed by atoms with Crippen molar-refractivity contribution in [1.29, 1.82) is 0 Å². The molecular formula is C27H34O6. The van der Waals surface area contributed by atoms with Crippen molar-refractivity contribution < 1.29 is 28.6 Å². The molecule has 0 amide bonds. The molecule has 2 rings (SSSR count). The predicted molar refractivity (Wildman–Crippen MR) is 125 cm³/mol. The Morgan fingerprint density at radius 1 is 0.727 bits per heavy atom. The zero-order valence-corrected chi connectivity index (χ0v) is 20.1. The molecule has 33 heavy (non-hydrogen) atoms. The van der Waals surface area contributed by atoms with Crippen LogP contribution < -0.4 is 0 Å². The van der Waals surface area contributed by atoms with Gasteiger partial charge in [0.25, 0.3) is 0 Å². The van der Waals surface area contributed by atoms with Gasteiger partial charge in [-0.2, -0.15) is 0 Å². The maximum absolute atomic E-state index is 13.1. The van der Waals surface area contributed by atoms with Crippen LogP contribution in [0, 0.1) is 17.8 Å². The van der Waals surface area contributed by atoms with Crippen molar-refractivity contribution in [2.75, 3.05) is 0 Å². The first-order valence-electron chi connectivity index (χ1n) is 11.2. The van der Waals surface area contributed by atoms with Gasteiger partial charge in [0.2, 0.25) is 0 Å². The van der Waals surface area contributed by atoms with E-state index in [-0.39, 0.29) is 25.6 Å². The minimum atomic E-state index is -1.42. The second-order valence-electron chi connectivity index (χ2n) is 9.43. The van der Waals surface area contributed by atoms with Crippen LogP contribution in [0.3, 0.4) is 0 Å². The van der Waals surface area contributed by atoms with E-state index in [1.54, 1.807) is 20.8 Å². The van der Waals surface area contributed by atoms with Gasteiger partial charge in [0, 0.05) is 0 Å². The Morgan fingerprint density at radius 2 is 1.15 bits per heavy atom. The molecule has 0 spiro atoms. The Hall–Kier alpha value is -3.15. The van der Waals surface area contributed by atoms with Crippen molar-refractivity contribution in [1.82, 2.24) is 0 Å². The summed E-state index contributed by atoms with van der Waals surface area (Å²) in [6, 6.07) is 18.3. The van der Waals surface area contributed by atoms with Gasteiger partial charge in [0.15, 0.2) is 5.92 Å². The predicted octanol–water partition coefficient (Wildman–Crippen LogP) is 5.09. The monoisotopic (exact) mass is 454 g/mol. The van der Waals surface area contributed by atoms with Crippen LogP contribution in [-0.4, -0.2) is 23.5 Å². The van der Waals surface area contributed by atoms with Gasteiger partial charge in [-0.1, -0.05) is 74.5 Å². The quantitative estimate of drug-likeness (QED) is 0.283. The lowest BCUT2D eigenvalue weighted by atomic mass is 9.85. The van der Waals surface area contributed by atoms with Gasteiger partial charge in [0.05, 0.1) is 5.92 Å². The number of benzene rings is 2. The molecule has 0 heterocycles. The zero-order chi connectivity index (χ0) is 24.4. The third-order valence-electron chi connectivity index (χ3n) is 4.79. The van der Waals surface area contributed by atoms with Gasteiger partial charge in [-0.25, -0.2) is 0 Å². The van der Waals surface area contributed by atoms with Gasteiger partial charge >= 0.3 is 17.9 Å². The maximum Gasteiger partial charge on any atom is 0.321 e. The zero-order valence-electron chi connectivity index (χ0n) is 20.1. The van der Waals surface area contributed by atoms with Crippen molar-refractivity contribution >= 4 is 17.9 Å². The lowest BCUT2D eigenvalue weighted by Crippen LogP contribution is -2.41. The van der Waals surface area contributed by atoms with E-state index < -0.39 is 35.3 Å². The second kappa shape index (κ2) is 12.2. The number of ether oxygens (including phenoxy) is 3. The van der Waals surface area contributed by atoms with Crippen LogP contribution in [0.15, 0.2) is 60.7 Å². The van der Waals surface area contributed by atoms with Crippen LogP contribution in [0.4, 0.5) is 0 Å². The highest BCUT2D eigenvalue weighted by Gasteiger charge is 2.44. The first kappa shape index (κ1) is 26.1. The topological polar surface area (TPSA) is 78.9 Å². The molecule has 0 bridgehead atoms.